The number of carbonyl (C=O) groups excluding carboxylic acids is 1. The van der Waals surface area contributed by atoms with Crippen molar-refractivity contribution in [1.29, 1.82) is 0 Å². The maximum Gasteiger partial charge on any atom is 0.224 e. The van der Waals surface area contributed by atoms with Crippen LogP contribution in [0, 0.1) is 11.3 Å². The number of nitrogens with two attached hydrogens (primary N) is 1. The van der Waals surface area contributed by atoms with Crippen LogP contribution in [-0.2, 0) is 4.79 Å². The predicted molar refractivity (Wildman–Crippen MR) is 70.5 cm³/mol. The molecule has 0 saturated heterocycles. The summed E-state index contributed by atoms with van der Waals surface area (Å²) in [6, 6.07) is -0.0171. The number of rotatable bonds is 6. The molecular weight excluding hydrogens is 216 g/mol. The molecule has 0 spiro atoms. The first-order valence-electron chi connectivity index (χ1n) is 6.34. The van der Waals surface area contributed by atoms with E-state index in [9.17, 15) is 9.90 Å². The lowest BCUT2D eigenvalue weighted by atomic mass is 9.84. The zero-order valence-corrected chi connectivity index (χ0v) is 11.8. The average Bonchev–Trinajstić information content (AvgIpc) is 2.10. The summed E-state index contributed by atoms with van der Waals surface area (Å²) in [4.78, 5) is 12.0. The van der Waals surface area contributed by atoms with Gasteiger partial charge in [-0.15, -0.1) is 0 Å². The van der Waals surface area contributed by atoms with Gasteiger partial charge in [-0.1, -0.05) is 20.8 Å². The minimum Gasteiger partial charge on any atom is -0.393 e. The van der Waals surface area contributed by atoms with Crippen LogP contribution in [0.3, 0.4) is 0 Å². The Kier molecular flexibility index (Phi) is 6.72. The van der Waals surface area contributed by atoms with E-state index in [1.165, 1.54) is 0 Å². The van der Waals surface area contributed by atoms with E-state index < -0.39 is 6.10 Å². The van der Waals surface area contributed by atoms with Crippen molar-refractivity contribution in [1.82, 2.24) is 5.32 Å². The lowest BCUT2D eigenvalue weighted by molar-refractivity contribution is -0.126. The van der Waals surface area contributed by atoms with Crippen molar-refractivity contribution >= 4 is 5.91 Å². The summed E-state index contributed by atoms with van der Waals surface area (Å²) >= 11 is 0. The van der Waals surface area contributed by atoms with Crippen LogP contribution in [0.2, 0.25) is 0 Å². The molecule has 1 amide bonds. The van der Waals surface area contributed by atoms with Gasteiger partial charge in [0.2, 0.25) is 5.91 Å². The van der Waals surface area contributed by atoms with Crippen molar-refractivity contribution in [3.05, 3.63) is 0 Å². The first kappa shape index (κ1) is 16.4. The molecule has 17 heavy (non-hydrogen) atoms. The van der Waals surface area contributed by atoms with Crippen LogP contribution in [0.25, 0.3) is 0 Å². The van der Waals surface area contributed by atoms with Crippen molar-refractivity contribution < 1.29 is 9.90 Å². The fourth-order valence-corrected chi connectivity index (χ4v) is 1.95. The Balaban J connectivity index is 4.26. The Morgan fingerprint density at radius 3 is 2.24 bits per heavy atom. The molecule has 102 valence electrons. The quantitative estimate of drug-likeness (QED) is 0.658. The molecule has 0 aromatic rings. The van der Waals surface area contributed by atoms with E-state index in [1.54, 1.807) is 6.92 Å². The Bertz CT molecular complexity index is 234. The molecule has 0 radical (unpaired) electrons. The van der Waals surface area contributed by atoms with Gasteiger partial charge < -0.3 is 16.2 Å². The second kappa shape index (κ2) is 6.97. The van der Waals surface area contributed by atoms with E-state index in [-0.39, 0.29) is 23.3 Å². The maximum atomic E-state index is 12.0. The Morgan fingerprint density at radius 1 is 1.35 bits per heavy atom. The van der Waals surface area contributed by atoms with Crippen molar-refractivity contribution in [3.63, 3.8) is 0 Å². The van der Waals surface area contributed by atoms with Crippen molar-refractivity contribution in [2.75, 3.05) is 6.54 Å². The van der Waals surface area contributed by atoms with Gasteiger partial charge in [-0.3, -0.25) is 4.79 Å². The number of hydrogen-bond donors (Lipinski definition) is 3. The third kappa shape index (κ3) is 8.16. The molecule has 0 aliphatic rings. The number of nitrogens with one attached hydrogen (secondary N) is 1. The molecule has 3 unspecified atom stereocenters. The summed E-state index contributed by atoms with van der Waals surface area (Å²) in [7, 11) is 0. The second-order valence-electron chi connectivity index (χ2n) is 6.19. The number of hydrogen-bond acceptors (Lipinski definition) is 3. The van der Waals surface area contributed by atoms with Crippen LogP contribution >= 0.6 is 0 Å². The molecule has 0 saturated carbocycles. The minimum atomic E-state index is -0.399. The third-order valence-corrected chi connectivity index (χ3v) is 2.60. The van der Waals surface area contributed by atoms with Gasteiger partial charge in [0.05, 0.1) is 12.0 Å². The number of aliphatic hydroxyl groups is 1. The SMILES string of the molecule is CC(O)CC(C)NC(=O)C(CN)CC(C)(C)C. The van der Waals surface area contributed by atoms with Crippen LogP contribution in [0.1, 0.15) is 47.5 Å². The molecule has 0 aromatic carbocycles. The molecule has 0 aromatic heterocycles. The van der Waals surface area contributed by atoms with Gasteiger partial charge in [-0.2, -0.15) is 0 Å². The van der Waals surface area contributed by atoms with Crippen LogP contribution in [0.5, 0.6) is 0 Å². The lowest BCUT2D eigenvalue weighted by Gasteiger charge is -2.26. The van der Waals surface area contributed by atoms with Gasteiger partial charge in [0.1, 0.15) is 0 Å². The van der Waals surface area contributed by atoms with E-state index >= 15 is 0 Å². The van der Waals surface area contributed by atoms with Gasteiger partial charge >= 0.3 is 0 Å². The fourth-order valence-electron chi connectivity index (χ4n) is 1.95. The second-order valence-corrected chi connectivity index (χ2v) is 6.19. The third-order valence-electron chi connectivity index (χ3n) is 2.60. The van der Waals surface area contributed by atoms with Gasteiger partial charge in [0.25, 0.3) is 0 Å². The Hall–Kier alpha value is -0.610. The van der Waals surface area contributed by atoms with Crippen molar-refractivity contribution in [2.45, 2.75) is 59.6 Å². The van der Waals surface area contributed by atoms with E-state index in [4.69, 9.17) is 5.73 Å². The summed E-state index contributed by atoms with van der Waals surface area (Å²) < 4.78 is 0. The largest absolute Gasteiger partial charge is 0.393 e. The Labute approximate surface area is 105 Å². The predicted octanol–water partition coefficient (Wildman–Crippen LogP) is 1.27. The standard InChI is InChI=1S/C13H28N2O2/c1-9(6-10(2)16)15-12(17)11(8-14)7-13(3,4)5/h9-11,16H,6-8,14H2,1-5H3,(H,15,17). The minimum absolute atomic E-state index is 0.00410. The van der Waals surface area contributed by atoms with Crippen molar-refractivity contribution in [2.24, 2.45) is 17.1 Å². The molecule has 0 heterocycles. The average molecular weight is 244 g/mol. The first-order chi connectivity index (χ1) is 7.65. The van der Waals surface area contributed by atoms with Gasteiger partial charge in [-0.05, 0) is 32.1 Å². The van der Waals surface area contributed by atoms with Gasteiger partial charge in [-0.25, -0.2) is 0 Å². The highest BCUT2D eigenvalue weighted by Crippen LogP contribution is 2.24. The monoisotopic (exact) mass is 244 g/mol. The number of amides is 1. The molecule has 4 N–H and O–H groups in total. The molecule has 4 nitrogen and oxygen atoms in total. The smallest absolute Gasteiger partial charge is 0.224 e. The summed E-state index contributed by atoms with van der Waals surface area (Å²) in [6.45, 7) is 10.3. The van der Waals surface area contributed by atoms with Crippen molar-refractivity contribution in [3.8, 4) is 0 Å². The van der Waals surface area contributed by atoms with E-state index in [0.29, 0.717) is 13.0 Å². The fraction of sp³-hybridized carbons (Fsp3) is 0.923. The molecule has 0 aliphatic heterocycles. The van der Waals surface area contributed by atoms with Crippen LogP contribution in [0.15, 0.2) is 0 Å². The molecule has 4 heteroatoms. The maximum absolute atomic E-state index is 12.0. The number of aliphatic hydroxyl groups excluding tert-OH is 1. The molecule has 0 aliphatic carbocycles. The molecule has 3 atom stereocenters. The van der Waals surface area contributed by atoms with Crippen LogP contribution < -0.4 is 11.1 Å². The molecular formula is C13H28N2O2. The van der Waals surface area contributed by atoms with E-state index in [1.807, 2.05) is 6.92 Å². The van der Waals surface area contributed by atoms with Crippen LogP contribution in [0.4, 0.5) is 0 Å². The zero-order valence-electron chi connectivity index (χ0n) is 11.8. The number of carbonyl (C=O) groups is 1. The van der Waals surface area contributed by atoms with E-state index in [2.05, 4.69) is 26.1 Å². The highest BCUT2D eigenvalue weighted by atomic mass is 16.3. The molecule has 0 fully saturated rings. The van der Waals surface area contributed by atoms with E-state index in [0.717, 1.165) is 6.42 Å². The first-order valence-corrected chi connectivity index (χ1v) is 6.34. The zero-order chi connectivity index (χ0) is 13.6. The summed E-state index contributed by atoms with van der Waals surface area (Å²) in [5, 5.41) is 12.1. The lowest BCUT2D eigenvalue weighted by Crippen LogP contribution is -2.42. The molecule has 0 bridgehead atoms. The highest BCUT2D eigenvalue weighted by Gasteiger charge is 2.24. The summed E-state index contributed by atoms with van der Waals surface area (Å²) in [5.41, 5.74) is 5.74. The van der Waals surface area contributed by atoms with Gasteiger partial charge in [0, 0.05) is 12.6 Å². The summed E-state index contributed by atoms with van der Waals surface area (Å²) in [6.07, 6.45) is 0.944. The normalized spacial score (nSPS) is 17.4. The van der Waals surface area contributed by atoms with Crippen LogP contribution in [-0.4, -0.2) is 29.7 Å². The topological polar surface area (TPSA) is 75.3 Å². The summed E-state index contributed by atoms with van der Waals surface area (Å²) in [5.74, 6) is -0.151. The highest BCUT2D eigenvalue weighted by molar-refractivity contribution is 5.79. The Morgan fingerprint density at radius 2 is 1.88 bits per heavy atom. The molecule has 0 rings (SSSR count). The van der Waals surface area contributed by atoms with Gasteiger partial charge in [0.15, 0.2) is 0 Å².